The first-order valence-electron chi connectivity index (χ1n) is 9.86. The second kappa shape index (κ2) is 10.7. The fraction of sp³-hybridized carbons (Fsp3) is 0.348. The van der Waals surface area contributed by atoms with Crippen LogP contribution in [0.5, 0.6) is 0 Å². The lowest BCUT2D eigenvalue weighted by Gasteiger charge is -2.31. The van der Waals surface area contributed by atoms with Crippen LogP contribution in [-0.2, 0) is 0 Å². The zero-order valence-electron chi connectivity index (χ0n) is 18.2. The van der Waals surface area contributed by atoms with Gasteiger partial charge in [-0.25, -0.2) is 0 Å². The fourth-order valence-corrected chi connectivity index (χ4v) is 4.65. The molecule has 2 nitrogen and oxygen atoms in total. The Balaban J connectivity index is 2.87. The lowest BCUT2D eigenvalue weighted by molar-refractivity contribution is -0.482. The van der Waals surface area contributed by atoms with E-state index in [2.05, 4.69) is 0 Å². The summed E-state index contributed by atoms with van der Waals surface area (Å²) >= 11 is 25.3. The molecule has 0 spiro atoms. The Morgan fingerprint density at radius 1 is 0.875 bits per heavy atom. The van der Waals surface area contributed by atoms with Crippen LogP contribution in [0, 0.1) is 0 Å². The second-order valence-corrected chi connectivity index (χ2v) is 9.37. The monoisotopic (exact) mass is 525 g/mol. The summed E-state index contributed by atoms with van der Waals surface area (Å²) in [5, 5.41) is 0.910. The average molecular weight is 527 g/mol. The fourth-order valence-electron chi connectivity index (χ4n) is 3.49. The number of hydrogen-bond donors (Lipinski definition) is 0. The standard InChI is InChI=1S/C23H24Cl4F3N2/c1-13(2)31(21-16(24)8-6-9-17(21)25)15(5)12-20(23(28,29)30)32(14(3)4)22-18(26)10-7-11-19(22)27/h6-14H,1-5H3/q+1. The summed E-state index contributed by atoms with van der Waals surface area (Å²) in [6, 6.07) is 8.74. The highest BCUT2D eigenvalue weighted by atomic mass is 35.5. The molecule has 0 aliphatic heterocycles. The molecule has 0 amide bonds. The van der Waals surface area contributed by atoms with Gasteiger partial charge in [0.1, 0.15) is 10.0 Å². The Kier molecular flexibility index (Phi) is 8.97. The number of halogens is 7. The van der Waals surface area contributed by atoms with Gasteiger partial charge in [0.2, 0.25) is 5.69 Å². The third-order valence-electron chi connectivity index (χ3n) is 4.67. The van der Waals surface area contributed by atoms with E-state index in [9.17, 15) is 13.2 Å². The van der Waals surface area contributed by atoms with Crippen LogP contribution in [0.15, 0.2) is 48.2 Å². The van der Waals surface area contributed by atoms with Crippen LogP contribution < -0.4 is 4.90 Å². The molecule has 0 unspecified atom stereocenters. The molecule has 2 aromatic carbocycles. The zero-order chi connectivity index (χ0) is 24.4. The Morgan fingerprint density at radius 3 is 1.69 bits per heavy atom. The Morgan fingerprint density at radius 2 is 1.31 bits per heavy atom. The summed E-state index contributed by atoms with van der Waals surface area (Å²) in [6.45, 7) is 8.54. The topological polar surface area (TPSA) is 6.25 Å². The molecule has 0 aromatic heterocycles. The predicted molar refractivity (Wildman–Crippen MR) is 130 cm³/mol. The second-order valence-electron chi connectivity index (χ2n) is 7.74. The van der Waals surface area contributed by atoms with Crippen molar-refractivity contribution in [3.8, 4) is 0 Å². The summed E-state index contributed by atoms with van der Waals surface area (Å²) in [4.78, 5) is 1.67. The number of allylic oxidation sites excluding steroid dienone is 2. The molecule has 0 fully saturated rings. The zero-order valence-corrected chi connectivity index (χ0v) is 21.3. The lowest BCUT2D eigenvalue weighted by atomic mass is 10.1. The molecule has 0 heterocycles. The summed E-state index contributed by atoms with van der Waals surface area (Å²) in [5.74, 6) is 0. The third-order valence-corrected chi connectivity index (χ3v) is 5.89. The third kappa shape index (κ3) is 5.93. The molecule has 0 N–H and O–H groups in total. The van der Waals surface area contributed by atoms with E-state index in [0.29, 0.717) is 21.4 Å². The van der Waals surface area contributed by atoms with E-state index < -0.39 is 17.9 Å². The van der Waals surface area contributed by atoms with E-state index in [4.69, 9.17) is 46.4 Å². The Labute approximate surface area is 206 Å². The quantitative estimate of drug-likeness (QED) is 0.268. The van der Waals surface area contributed by atoms with Crippen molar-refractivity contribution in [1.82, 2.24) is 0 Å². The molecule has 0 bridgehead atoms. The molecule has 0 radical (unpaired) electrons. The number of anilines is 1. The molecule has 0 atom stereocenters. The first-order valence-corrected chi connectivity index (χ1v) is 11.4. The van der Waals surface area contributed by atoms with Crippen molar-refractivity contribution in [1.29, 1.82) is 0 Å². The molecular weight excluding hydrogens is 503 g/mol. The van der Waals surface area contributed by atoms with E-state index in [1.807, 2.05) is 13.8 Å². The number of hydrogen-bond acceptors (Lipinski definition) is 1. The first-order chi connectivity index (χ1) is 14.8. The van der Waals surface area contributed by atoms with Crippen LogP contribution in [-0.4, -0.2) is 28.5 Å². The highest BCUT2D eigenvalue weighted by molar-refractivity contribution is 6.39. The normalized spacial score (nSPS) is 13.6. The van der Waals surface area contributed by atoms with E-state index in [1.165, 1.54) is 12.1 Å². The number of alkyl halides is 3. The molecule has 2 rings (SSSR count). The Bertz CT molecular complexity index is 1000. The summed E-state index contributed by atoms with van der Waals surface area (Å²) in [7, 11) is 0. The maximum atomic E-state index is 14.4. The van der Waals surface area contributed by atoms with Gasteiger partial charge in [0.05, 0.1) is 15.7 Å². The van der Waals surface area contributed by atoms with Gasteiger partial charge in [0.15, 0.2) is 6.04 Å². The van der Waals surface area contributed by atoms with Crippen molar-refractivity contribution >= 4 is 63.5 Å². The number of nitrogens with zero attached hydrogens (tertiary/aromatic N) is 2. The average Bonchev–Trinajstić information content (AvgIpc) is 2.64. The van der Waals surface area contributed by atoms with E-state index in [0.717, 1.165) is 10.7 Å². The molecule has 32 heavy (non-hydrogen) atoms. The molecule has 0 aliphatic rings. The molecule has 9 heteroatoms. The lowest BCUT2D eigenvalue weighted by Crippen LogP contribution is -2.36. The van der Waals surface area contributed by atoms with Gasteiger partial charge in [-0.05, 0) is 58.9 Å². The van der Waals surface area contributed by atoms with Gasteiger partial charge in [0, 0.05) is 17.8 Å². The highest BCUT2D eigenvalue weighted by Crippen LogP contribution is 2.38. The molecule has 2 aromatic rings. The van der Waals surface area contributed by atoms with Crippen LogP contribution in [0.2, 0.25) is 20.1 Å². The minimum Gasteiger partial charge on any atom is -0.340 e. The van der Waals surface area contributed by atoms with Crippen molar-refractivity contribution in [2.75, 3.05) is 4.90 Å². The summed E-state index contributed by atoms with van der Waals surface area (Å²) in [6.07, 6.45) is -3.62. The number of para-hydroxylation sites is 2. The predicted octanol–water partition coefficient (Wildman–Crippen LogP) is 9.17. The van der Waals surface area contributed by atoms with Crippen LogP contribution in [0.25, 0.3) is 0 Å². The van der Waals surface area contributed by atoms with Gasteiger partial charge < -0.3 is 4.90 Å². The Hall–Kier alpha value is -1.40. The molecular formula is C23H24Cl4F3N2+. The van der Waals surface area contributed by atoms with E-state index in [-0.39, 0.29) is 21.8 Å². The van der Waals surface area contributed by atoms with Gasteiger partial charge in [-0.2, -0.15) is 17.7 Å². The van der Waals surface area contributed by atoms with Crippen LogP contribution in [0.4, 0.5) is 24.5 Å². The van der Waals surface area contributed by atoms with E-state index in [1.54, 1.807) is 49.9 Å². The molecule has 0 saturated heterocycles. The maximum absolute atomic E-state index is 14.4. The highest BCUT2D eigenvalue weighted by Gasteiger charge is 2.45. The van der Waals surface area contributed by atoms with Gasteiger partial charge >= 0.3 is 6.18 Å². The number of rotatable bonds is 6. The van der Waals surface area contributed by atoms with Gasteiger partial charge in [-0.1, -0.05) is 58.5 Å². The molecule has 0 saturated carbocycles. The van der Waals surface area contributed by atoms with Crippen molar-refractivity contribution in [3.05, 3.63) is 68.3 Å². The molecule has 0 aliphatic carbocycles. The number of benzene rings is 2. The van der Waals surface area contributed by atoms with Gasteiger partial charge in [0.25, 0.3) is 5.71 Å². The van der Waals surface area contributed by atoms with Crippen molar-refractivity contribution in [3.63, 3.8) is 0 Å². The van der Waals surface area contributed by atoms with Crippen LogP contribution in [0.3, 0.4) is 0 Å². The van der Waals surface area contributed by atoms with Gasteiger partial charge in [-0.3, -0.25) is 0 Å². The van der Waals surface area contributed by atoms with Crippen molar-refractivity contribution in [2.24, 2.45) is 0 Å². The van der Waals surface area contributed by atoms with Crippen LogP contribution >= 0.6 is 46.4 Å². The minimum absolute atomic E-state index is 0.0917. The summed E-state index contributed by atoms with van der Waals surface area (Å²) < 4.78 is 44.3. The maximum Gasteiger partial charge on any atom is 0.477 e. The summed E-state index contributed by atoms with van der Waals surface area (Å²) in [5.41, 5.74) is -0.0768. The largest absolute Gasteiger partial charge is 0.477 e. The molecule has 174 valence electrons. The first kappa shape index (κ1) is 26.8. The SMILES string of the molecule is CC(=CC(=[N+](c1c(Cl)cccc1Cl)C(C)C)C(F)(F)F)N(c1c(Cl)cccc1Cl)C(C)C. The van der Waals surface area contributed by atoms with Crippen molar-refractivity contribution in [2.45, 2.75) is 52.9 Å². The smallest absolute Gasteiger partial charge is 0.340 e. The van der Waals surface area contributed by atoms with Crippen molar-refractivity contribution < 1.29 is 17.7 Å². The van der Waals surface area contributed by atoms with Gasteiger partial charge in [-0.15, -0.1) is 0 Å². The van der Waals surface area contributed by atoms with E-state index >= 15 is 0 Å². The minimum atomic E-state index is -4.69. The van der Waals surface area contributed by atoms with Crippen LogP contribution in [0.1, 0.15) is 34.6 Å².